The minimum absolute atomic E-state index is 0. The van der Waals surface area contributed by atoms with Gasteiger partial charge in [0.05, 0.1) is 0 Å². The van der Waals surface area contributed by atoms with E-state index < -0.39 is 0 Å². The molecular weight excluding hydrogens is 436 g/mol. The summed E-state index contributed by atoms with van der Waals surface area (Å²) < 4.78 is 0. The fraction of sp³-hybridized carbons (Fsp3) is 0. The van der Waals surface area contributed by atoms with Crippen LogP contribution in [-0.2, 0) is 21.1 Å². The van der Waals surface area contributed by atoms with Crippen LogP contribution in [0.3, 0.4) is 0 Å². The molecule has 0 aromatic heterocycles. The molecule has 4 nitrogen and oxygen atoms in total. The second kappa shape index (κ2) is 12900. The molecular formula is C4BaN4Pt. The van der Waals surface area contributed by atoms with Crippen molar-refractivity contribution in [2.45, 2.75) is 0 Å². The molecule has 0 saturated heterocycles. The molecule has 0 atom stereocenters. The fourth-order valence-corrected chi connectivity index (χ4v) is 0. The van der Waals surface area contributed by atoms with Crippen LogP contribution < -0.4 is 0 Å². The Morgan fingerprint density at radius 2 is 0.500 bits per heavy atom. The summed E-state index contributed by atoms with van der Waals surface area (Å²) in [6.07, 6.45) is 0. The zero-order valence-electron chi connectivity index (χ0n) is 4.81. The second-order valence-electron chi connectivity index (χ2n) is 0. The van der Waals surface area contributed by atoms with Gasteiger partial charge >= 0.3 is 69.9 Å². The maximum Gasteiger partial charge on any atom is 2.00 e. The molecule has 0 heterocycles. The third-order valence-corrected chi connectivity index (χ3v) is 0. The molecule has 48 valence electrons. The summed E-state index contributed by atoms with van der Waals surface area (Å²) >= 11 is 0. The van der Waals surface area contributed by atoms with E-state index in [-0.39, 0.29) is 69.9 Å². The Hall–Kier alpha value is 0.220. The van der Waals surface area contributed by atoms with Crippen LogP contribution >= 0.6 is 0 Å². The molecule has 0 aliphatic carbocycles. The summed E-state index contributed by atoms with van der Waals surface area (Å²) in [6.45, 7) is 19.0. The molecule has 0 rings (SSSR count). The predicted octanol–water partition coefficient (Wildman–Crippen LogP) is 0.00218. The van der Waals surface area contributed by atoms with Crippen molar-refractivity contribution in [2.75, 3.05) is 0 Å². The Balaban J connectivity index is -0.00000000500. The van der Waals surface area contributed by atoms with Gasteiger partial charge in [-0.1, -0.05) is 0 Å². The van der Waals surface area contributed by atoms with E-state index in [2.05, 4.69) is 0 Å². The first-order valence-electron chi connectivity index (χ1n) is 0.894. The number of rotatable bonds is 0. The van der Waals surface area contributed by atoms with Crippen LogP contribution in [0.2, 0.25) is 0 Å². The topological polar surface area (TPSA) is 95.2 Å². The third kappa shape index (κ3) is 8870. The Morgan fingerprint density at radius 1 is 0.500 bits per heavy atom. The summed E-state index contributed by atoms with van der Waals surface area (Å²) in [7, 11) is 0. The van der Waals surface area contributed by atoms with Crippen molar-refractivity contribution in [1.82, 2.24) is 0 Å². The third-order valence-electron chi connectivity index (χ3n) is 0. The first-order chi connectivity index (χ1) is 4.00. The van der Waals surface area contributed by atoms with E-state index in [4.69, 9.17) is 47.3 Å². The fourth-order valence-electron chi connectivity index (χ4n) is 0. The number of hydrogen-bond donors (Lipinski definition) is 0. The zero-order chi connectivity index (χ0) is 8.00. The van der Waals surface area contributed by atoms with Crippen LogP contribution in [0.4, 0.5) is 0 Å². The van der Waals surface area contributed by atoms with Crippen molar-refractivity contribution in [1.29, 1.82) is 21.0 Å². The summed E-state index contributed by atoms with van der Waals surface area (Å²) in [6, 6.07) is 0. The molecule has 0 aliphatic heterocycles. The minimum atomic E-state index is 0. The molecule has 0 fully saturated rings. The monoisotopic (exact) mass is 437 g/mol. The van der Waals surface area contributed by atoms with Gasteiger partial charge < -0.3 is 47.3 Å². The molecule has 0 radical (unpaired) electrons. The number of hydrogen-bond acceptors (Lipinski definition) is 4. The summed E-state index contributed by atoms with van der Waals surface area (Å²) in [5, 5.41) is 25.0. The van der Waals surface area contributed by atoms with E-state index in [1.165, 1.54) is 0 Å². The number of nitrogens with zero attached hydrogens (tertiary/aromatic N) is 4. The molecule has 0 bridgehead atoms. The van der Waals surface area contributed by atoms with E-state index in [9.17, 15) is 0 Å². The molecule has 0 aliphatic rings. The van der Waals surface area contributed by atoms with Crippen molar-refractivity contribution < 1.29 is 21.1 Å². The van der Waals surface area contributed by atoms with E-state index >= 15 is 0 Å². The second-order valence-corrected chi connectivity index (χ2v) is 0. The summed E-state index contributed by atoms with van der Waals surface area (Å²) in [5.74, 6) is 0. The molecule has 6 heteroatoms. The summed E-state index contributed by atoms with van der Waals surface area (Å²) in [5.41, 5.74) is 0. The quantitative estimate of drug-likeness (QED) is 0.395. The molecule has 0 unspecified atom stereocenters. The maximum absolute atomic E-state index is 6.25. The normalized spacial score (nSPS) is 0.800. The van der Waals surface area contributed by atoms with Gasteiger partial charge in [0, 0.05) is 0 Å². The standard InChI is InChI=1S/4CN.Ba.Pt/c4*1-2;;/q4*-1;2*+2. The zero-order valence-corrected chi connectivity index (χ0v) is 11.5. The molecule has 0 spiro atoms. The van der Waals surface area contributed by atoms with Gasteiger partial charge in [0.25, 0.3) is 0 Å². The predicted molar refractivity (Wildman–Crippen MR) is 25.6 cm³/mol. The SMILES string of the molecule is [Ba+2].[C-]#N.[C-]#N.[C-]#N.[C-]#N.[Pt+2]. The minimum Gasteiger partial charge on any atom is -0.512 e. The van der Waals surface area contributed by atoms with Gasteiger partial charge in [0.15, 0.2) is 0 Å². The van der Waals surface area contributed by atoms with Crippen molar-refractivity contribution in [3.8, 4) is 0 Å². The first-order valence-corrected chi connectivity index (χ1v) is 0.894. The molecule has 0 amide bonds. The van der Waals surface area contributed by atoms with Gasteiger partial charge in [0.1, 0.15) is 0 Å². The van der Waals surface area contributed by atoms with Crippen molar-refractivity contribution >= 4 is 48.9 Å². The Labute approximate surface area is 115 Å². The Morgan fingerprint density at radius 3 is 0.500 bits per heavy atom. The van der Waals surface area contributed by atoms with Crippen molar-refractivity contribution in [2.24, 2.45) is 0 Å². The van der Waals surface area contributed by atoms with Crippen molar-refractivity contribution in [3.05, 3.63) is 26.3 Å². The van der Waals surface area contributed by atoms with Crippen LogP contribution in [-0.4, -0.2) is 48.9 Å². The van der Waals surface area contributed by atoms with Gasteiger partial charge in [-0.15, -0.1) is 0 Å². The largest absolute Gasteiger partial charge is 2.00 e. The van der Waals surface area contributed by atoms with E-state index in [0.29, 0.717) is 0 Å². The average Bonchev–Trinajstić information content (AvgIpc) is 2.03. The summed E-state index contributed by atoms with van der Waals surface area (Å²) in [4.78, 5) is 0. The molecule has 0 N–H and O–H groups in total. The van der Waals surface area contributed by atoms with Crippen LogP contribution in [0.15, 0.2) is 0 Å². The van der Waals surface area contributed by atoms with Gasteiger partial charge in [-0.25, -0.2) is 0 Å². The van der Waals surface area contributed by atoms with Crippen LogP contribution in [0, 0.1) is 47.3 Å². The van der Waals surface area contributed by atoms with E-state index in [1.54, 1.807) is 0 Å². The Kier molecular flexibility index (Phi) is 62900. The maximum atomic E-state index is 6.25. The van der Waals surface area contributed by atoms with Gasteiger partial charge in [-0.3, -0.25) is 0 Å². The van der Waals surface area contributed by atoms with Gasteiger partial charge in [-0.05, 0) is 0 Å². The van der Waals surface area contributed by atoms with Crippen molar-refractivity contribution in [3.63, 3.8) is 0 Å². The van der Waals surface area contributed by atoms with E-state index in [0.717, 1.165) is 0 Å². The van der Waals surface area contributed by atoms with Gasteiger partial charge in [-0.2, -0.15) is 0 Å². The smallest absolute Gasteiger partial charge is 0.512 e. The molecule has 0 aromatic carbocycles. The molecule has 0 saturated carbocycles. The van der Waals surface area contributed by atoms with Crippen LogP contribution in [0.25, 0.3) is 0 Å². The van der Waals surface area contributed by atoms with Crippen LogP contribution in [0.5, 0.6) is 0 Å². The molecule has 10 heavy (non-hydrogen) atoms. The average molecular weight is 436 g/mol. The van der Waals surface area contributed by atoms with Gasteiger partial charge in [0.2, 0.25) is 0 Å². The molecule has 0 aromatic rings. The first kappa shape index (κ1) is 48.8. The van der Waals surface area contributed by atoms with Crippen LogP contribution in [0.1, 0.15) is 0 Å². The van der Waals surface area contributed by atoms with E-state index in [1.807, 2.05) is 0 Å². The Bertz CT molecular complexity index is 60.2.